The van der Waals surface area contributed by atoms with Crippen molar-refractivity contribution in [3.8, 4) is 17.1 Å². The van der Waals surface area contributed by atoms with E-state index in [1.54, 1.807) is 12.4 Å². The highest BCUT2D eigenvalue weighted by Gasteiger charge is 2.15. The molecule has 4 aromatic rings. The third-order valence-electron chi connectivity index (χ3n) is 4.09. The summed E-state index contributed by atoms with van der Waals surface area (Å²) < 4.78 is 2.09. The number of pyridine rings is 2. The lowest BCUT2D eigenvalue weighted by Gasteiger charge is -2.09. The number of rotatable bonds is 4. The lowest BCUT2D eigenvalue weighted by atomic mass is 10.1. The van der Waals surface area contributed by atoms with Gasteiger partial charge in [0.25, 0.3) is 0 Å². The number of hydrogen-bond acceptors (Lipinski definition) is 4. The Bertz CT molecular complexity index is 1000. The largest absolute Gasteiger partial charge is 0.370 e. The van der Waals surface area contributed by atoms with Gasteiger partial charge in [0, 0.05) is 24.5 Å². The van der Waals surface area contributed by atoms with Crippen molar-refractivity contribution in [2.24, 2.45) is 0 Å². The van der Waals surface area contributed by atoms with Crippen molar-refractivity contribution < 1.29 is 0 Å². The van der Waals surface area contributed by atoms with Gasteiger partial charge in [-0.2, -0.15) is 0 Å². The Kier molecular flexibility index (Phi) is 3.90. The summed E-state index contributed by atoms with van der Waals surface area (Å²) in [5, 5.41) is 3.27. The minimum absolute atomic E-state index is 0.826. The minimum Gasteiger partial charge on any atom is -0.370 e. The molecule has 0 fully saturated rings. The predicted molar refractivity (Wildman–Crippen MR) is 101 cm³/mol. The zero-order valence-electron chi connectivity index (χ0n) is 14.3. The molecule has 0 unspecified atom stereocenters. The number of aryl methyl sites for hydroxylation is 1. The second-order valence-electron chi connectivity index (χ2n) is 5.91. The van der Waals surface area contributed by atoms with Gasteiger partial charge in [-0.3, -0.25) is 9.55 Å². The number of nitrogens with zero attached hydrogens (tertiary/aromatic N) is 4. The van der Waals surface area contributed by atoms with E-state index in [0.717, 1.165) is 40.6 Å². The molecular weight excluding hydrogens is 310 g/mol. The van der Waals surface area contributed by atoms with E-state index in [1.807, 2.05) is 24.3 Å². The fourth-order valence-corrected chi connectivity index (χ4v) is 2.87. The van der Waals surface area contributed by atoms with Crippen LogP contribution in [0, 0.1) is 6.92 Å². The summed E-state index contributed by atoms with van der Waals surface area (Å²) in [6, 6.07) is 16.3. The van der Waals surface area contributed by atoms with E-state index in [0.29, 0.717) is 0 Å². The van der Waals surface area contributed by atoms with Gasteiger partial charge < -0.3 is 5.32 Å². The smallest absolute Gasteiger partial charge is 0.167 e. The average molecular weight is 329 g/mol. The summed E-state index contributed by atoms with van der Waals surface area (Å²) in [6.07, 6.45) is 3.57. The first-order chi connectivity index (χ1) is 12.3. The number of benzene rings is 1. The molecule has 25 heavy (non-hydrogen) atoms. The van der Waals surface area contributed by atoms with Crippen LogP contribution in [0.4, 0.5) is 5.82 Å². The SMILES string of the molecule is CCNc1ccc2nc(-c3ccc(C)cc3)n(-c3ccncc3)c2n1. The van der Waals surface area contributed by atoms with Crippen LogP contribution in [0.25, 0.3) is 28.2 Å². The summed E-state index contributed by atoms with van der Waals surface area (Å²) in [5.74, 6) is 1.73. The first-order valence-corrected chi connectivity index (χ1v) is 8.37. The molecule has 0 amide bonds. The van der Waals surface area contributed by atoms with Crippen molar-refractivity contribution in [2.75, 3.05) is 11.9 Å². The molecule has 0 aliphatic rings. The van der Waals surface area contributed by atoms with Gasteiger partial charge in [-0.1, -0.05) is 29.8 Å². The predicted octanol–water partition coefficient (Wildman–Crippen LogP) is 4.22. The quantitative estimate of drug-likeness (QED) is 0.609. The van der Waals surface area contributed by atoms with E-state index < -0.39 is 0 Å². The Morgan fingerprint density at radius 2 is 1.68 bits per heavy atom. The highest BCUT2D eigenvalue weighted by atomic mass is 15.2. The van der Waals surface area contributed by atoms with Gasteiger partial charge in [0.15, 0.2) is 5.65 Å². The van der Waals surface area contributed by atoms with Crippen molar-refractivity contribution in [2.45, 2.75) is 13.8 Å². The maximum absolute atomic E-state index is 4.84. The number of nitrogens with one attached hydrogen (secondary N) is 1. The van der Waals surface area contributed by atoms with Crippen LogP contribution >= 0.6 is 0 Å². The van der Waals surface area contributed by atoms with Gasteiger partial charge in [-0.05, 0) is 38.1 Å². The van der Waals surface area contributed by atoms with Crippen molar-refractivity contribution >= 4 is 17.0 Å². The van der Waals surface area contributed by atoms with Crippen molar-refractivity contribution in [1.82, 2.24) is 19.5 Å². The van der Waals surface area contributed by atoms with Crippen LogP contribution < -0.4 is 5.32 Å². The van der Waals surface area contributed by atoms with Crippen LogP contribution in [0.5, 0.6) is 0 Å². The van der Waals surface area contributed by atoms with E-state index in [-0.39, 0.29) is 0 Å². The average Bonchev–Trinajstić information content (AvgIpc) is 3.02. The van der Waals surface area contributed by atoms with Crippen LogP contribution in [-0.2, 0) is 0 Å². The van der Waals surface area contributed by atoms with E-state index in [1.165, 1.54) is 5.56 Å². The fourth-order valence-electron chi connectivity index (χ4n) is 2.87. The molecule has 0 saturated heterocycles. The normalized spacial score (nSPS) is 11.0. The second kappa shape index (κ2) is 6.36. The van der Waals surface area contributed by atoms with E-state index in [4.69, 9.17) is 9.97 Å². The molecule has 0 atom stereocenters. The van der Waals surface area contributed by atoms with Gasteiger partial charge >= 0.3 is 0 Å². The minimum atomic E-state index is 0.826. The molecular formula is C20H19N5. The van der Waals surface area contributed by atoms with Gasteiger partial charge in [0.2, 0.25) is 0 Å². The highest BCUT2D eigenvalue weighted by molar-refractivity contribution is 5.81. The van der Waals surface area contributed by atoms with Gasteiger partial charge in [0.1, 0.15) is 17.2 Å². The molecule has 0 bridgehead atoms. The second-order valence-corrected chi connectivity index (χ2v) is 5.91. The Hall–Kier alpha value is -3.21. The molecule has 0 spiro atoms. The molecule has 3 heterocycles. The number of anilines is 1. The third kappa shape index (κ3) is 2.85. The summed E-state index contributed by atoms with van der Waals surface area (Å²) in [6.45, 7) is 4.97. The number of aromatic nitrogens is 4. The zero-order valence-corrected chi connectivity index (χ0v) is 14.3. The topological polar surface area (TPSA) is 55.6 Å². The number of imidazole rings is 1. The lowest BCUT2D eigenvalue weighted by molar-refractivity contribution is 1.06. The Balaban J connectivity index is 1.99. The fraction of sp³-hybridized carbons (Fsp3) is 0.150. The maximum atomic E-state index is 4.84. The summed E-state index contributed by atoms with van der Waals surface area (Å²) in [4.78, 5) is 13.7. The maximum Gasteiger partial charge on any atom is 0.167 e. The third-order valence-corrected chi connectivity index (χ3v) is 4.09. The van der Waals surface area contributed by atoms with Gasteiger partial charge in [-0.15, -0.1) is 0 Å². The van der Waals surface area contributed by atoms with Gasteiger partial charge in [0.05, 0.1) is 5.69 Å². The number of fused-ring (bicyclic) bond motifs is 1. The van der Waals surface area contributed by atoms with Crippen LogP contribution in [0.15, 0.2) is 60.9 Å². The molecule has 5 nitrogen and oxygen atoms in total. The highest BCUT2D eigenvalue weighted by Crippen LogP contribution is 2.28. The Morgan fingerprint density at radius 1 is 0.920 bits per heavy atom. The number of hydrogen-bond donors (Lipinski definition) is 1. The first-order valence-electron chi connectivity index (χ1n) is 8.37. The Morgan fingerprint density at radius 3 is 2.40 bits per heavy atom. The van der Waals surface area contributed by atoms with E-state index in [9.17, 15) is 0 Å². The van der Waals surface area contributed by atoms with Crippen LogP contribution in [0.1, 0.15) is 12.5 Å². The molecule has 4 rings (SSSR count). The Labute approximate surface area is 146 Å². The molecule has 5 heteroatoms. The van der Waals surface area contributed by atoms with Gasteiger partial charge in [-0.25, -0.2) is 9.97 Å². The van der Waals surface area contributed by atoms with E-state index >= 15 is 0 Å². The van der Waals surface area contributed by atoms with Crippen molar-refractivity contribution in [3.05, 3.63) is 66.5 Å². The molecule has 0 aliphatic carbocycles. The molecule has 1 N–H and O–H groups in total. The van der Waals surface area contributed by atoms with Crippen LogP contribution in [0.2, 0.25) is 0 Å². The van der Waals surface area contributed by atoms with Crippen molar-refractivity contribution in [3.63, 3.8) is 0 Å². The molecule has 3 aromatic heterocycles. The zero-order chi connectivity index (χ0) is 17.2. The van der Waals surface area contributed by atoms with Crippen LogP contribution in [0.3, 0.4) is 0 Å². The van der Waals surface area contributed by atoms with E-state index in [2.05, 4.69) is 53.0 Å². The molecule has 0 saturated carbocycles. The summed E-state index contributed by atoms with van der Waals surface area (Å²) >= 11 is 0. The molecule has 124 valence electrons. The molecule has 1 aromatic carbocycles. The standard InChI is InChI=1S/C20H19N5/c1-3-22-18-9-8-17-20(24-18)25(16-10-12-21-13-11-16)19(23-17)15-6-4-14(2)5-7-15/h4-13H,3H2,1-2H3,(H,22,24). The monoisotopic (exact) mass is 329 g/mol. The van der Waals surface area contributed by atoms with Crippen LogP contribution in [-0.4, -0.2) is 26.1 Å². The lowest BCUT2D eigenvalue weighted by Crippen LogP contribution is -2.02. The first kappa shape index (κ1) is 15.3. The summed E-state index contributed by atoms with van der Waals surface area (Å²) in [7, 11) is 0. The molecule has 0 aliphatic heterocycles. The molecule has 0 radical (unpaired) electrons. The summed E-state index contributed by atoms with van der Waals surface area (Å²) in [5.41, 5.74) is 4.98. The van der Waals surface area contributed by atoms with Crippen molar-refractivity contribution in [1.29, 1.82) is 0 Å².